The molecule has 1 atom stereocenters. The number of aromatic nitrogens is 2. The van der Waals surface area contributed by atoms with Gasteiger partial charge in [0.2, 0.25) is 5.91 Å². The Balaban J connectivity index is 1.21. The zero-order chi connectivity index (χ0) is 21.4. The number of rotatable bonds is 4. The molecule has 1 aliphatic carbocycles. The Hall–Kier alpha value is -3.20. The third-order valence-corrected chi connectivity index (χ3v) is 6.90. The molecule has 0 spiro atoms. The van der Waals surface area contributed by atoms with Crippen molar-refractivity contribution in [3.8, 4) is 11.4 Å². The smallest absolute Gasteiger partial charge is 0.319 e. The molecule has 1 aliphatic heterocycles. The summed E-state index contributed by atoms with van der Waals surface area (Å²) in [5.74, 6) is 0.384. The fourth-order valence-corrected chi connectivity index (χ4v) is 5.33. The minimum atomic E-state index is -1.54. The van der Waals surface area contributed by atoms with Gasteiger partial charge in [0, 0.05) is 24.2 Å². The lowest BCUT2D eigenvalue weighted by molar-refractivity contribution is -0.120. The average Bonchev–Trinajstić information content (AvgIpc) is 3.37. The van der Waals surface area contributed by atoms with E-state index in [1.807, 2.05) is 28.6 Å². The summed E-state index contributed by atoms with van der Waals surface area (Å²) in [4.78, 5) is 12.7. The molecule has 0 bridgehead atoms. The van der Waals surface area contributed by atoms with E-state index in [9.17, 15) is 13.4 Å². The maximum atomic E-state index is 13.9. The minimum Gasteiger partial charge on any atom is -0.383 e. The third kappa shape index (κ3) is 3.81. The summed E-state index contributed by atoms with van der Waals surface area (Å²) >= 11 is -1.54. The van der Waals surface area contributed by atoms with Crippen molar-refractivity contribution in [2.45, 2.75) is 31.7 Å². The molecule has 5 rings (SSSR count). The number of nitrogens with one attached hydrogen (secondary N) is 1. The van der Waals surface area contributed by atoms with E-state index in [1.54, 1.807) is 30.5 Å². The summed E-state index contributed by atoms with van der Waals surface area (Å²) < 4.78 is 35.0. The second kappa shape index (κ2) is 8.14. The monoisotopic (exact) mass is 440 g/mol. The van der Waals surface area contributed by atoms with Crippen molar-refractivity contribution in [2.24, 2.45) is 5.92 Å². The van der Waals surface area contributed by atoms with Gasteiger partial charge in [-0.15, -0.1) is 5.10 Å². The van der Waals surface area contributed by atoms with E-state index in [1.165, 1.54) is 10.7 Å². The van der Waals surface area contributed by atoms with Crippen molar-refractivity contribution >= 4 is 28.7 Å². The molecule has 160 valence electrons. The molecule has 3 aromatic rings. The van der Waals surface area contributed by atoms with Crippen molar-refractivity contribution in [3.63, 3.8) is 0 Å². The van der Waals surface area contributed by atoms with Gasteiger partial charge in [0.15, 0.2) is 11.6 Å². The first-order valence-corrected chi connectivity index (χ1v) is 11.2. The number of carbonyl (C=O) groups excluding carboxylic acids is 1. The van der Waals surface area contributed by atoms with Crippen LogP contribution < -0.4 is 13.8 Å². The Kier molecular flexibility index (Phi) is 5.19. The van der Waals surface area contributed by atoms with Crippen LogP contribution in [0.2, 0.25) is 0 Å². The number of para-hydroxylation sites is 3. The number of carbonyl (C=O) groups is 1. The van der Waals surface area contributed by atoms with Crippen molar-refractivity contribution in [2.75, 3.05) is 9.62 Å². The van der Waals surface area contributed by atoms with Gasteiger partial charge in [0.25, 0.3) is 0 Å². The first-order valence-electron chi connectivity index (χ1n) is 10.2. The Morgan fingerprint density at radius 3 is 2.52 bits per heavy atom. The highest BCUT2D eigenvalue weighted by molar-refractivity contribution is 7.82. The number of amides is 1. The molecule has 1 fully saturated rings. The van der Waals surface area contributed by atoms with E-state index in [0.717, 1.165) is 18.5 Å². The second-order valence-electron chi connectivity index (χ2n) is 7.69. The topological polar surface area (TPSA) is 76.5 Å². The predicted octanol–water partition coefficient (Wildman–Crippen LogP) is 3.99. The van der Waals surface area contributed by atoms with Crippen molar-refractivity contribution in [1.82, 2.24) is 9.78 Å². The van der Waals surface area contributed by atoms with Crippen LogP contribution in [0.1, 0.15) is 25.7 Å². The summed E-state index contributed by atoms with van der Waals surface area (Å²) in [6, 6.07) is 15.5. The highest BCUT2D eigenvalue weighted by Gasteiger charge is 2.37. The van der Waals surface area contributed by atoms with Gasteiger partial charge in [-0.25, -0.2) is 9.07 Å². The molecular weight excluding hydrogens is 419 g/mol. The van der Waals surface area contributed by atoms with Gasteiger partial charge in [0.05, 0.1) is 5.69 Å². The highest BCUT2D eigenvalue weighted by Crippen LogP contribution is 2.41. The number of nitrogens with zero attached hydrogens (tertiary/aromatic N) is 3. The summed E-state index contributed by atoms with van der Waals surface area (Å²) in [6.07, 6.45) is 4.46. The summed E-state index contributed by atoms with van der Waals surface area (Å²) in [7, 11) is 0. The first kappa shape index (κ1) is 19.7. The summed E-state index contributed by atoms with van der Waals surface area (Å²) in [6.45, 7) is 0. The number of benzene rings is 2. The lowest BCUT2D eigenvalue weighted by atomic mass is 9.85. The molecule has 0 radical (unpaired) electrons. The van der Waals surface area contributed by atoms with Gasteiger partial charge >= 0.3 is 11.3 Å². The van der Waals surface area contributed by atoms with E-state index >= 15 is 0 Å². The molecule has 1 N–H and O–H groups in total. The quantitative estimate of drug-likeness (QED) is 0.666. The van der Waals surface area contributed by atoms with Gasteiger partial charge in [-0.05, 0) is 49.9 Å². The Morgan fingerprint density at radius 1 is 1.03 bits per heavy atom. The molecule has 0 saturated heterocycles. The Labute approximate surface area is 181 Å². The summed E-state index contributed by atoms with van der Waals surface area (Å²) in [5, 5.41) is 7.11. The van der Waals surface area contributed by atoms with Crippen molar-refractivity contribution < 1.29 is 17.6 Å². The van der Waals surface area contributed by atoms with Gasteiger partial charge in [-0.3, -0.25) is 9.10 Å². The summed E-state index contributed by atoms with van der Waals surface area (Å²) in [5.41, 5.74) is 1.16. The number of anilines is 2. The Morgan fingerprint density at radius 2 is 1.74 bits per heavy atom. The van der Waals surface area contributed by atoms with E-state index in [-0.39, 0.29) is 23.7 Å². The fourth-order valence-electron chi connectivity index (χ4n) is 4.19. The fraction of sp³-hybridized carbons (Fsp3) is 0.273. The number of fused-ring (bicyclic) bond motifs is 1. The van der Waals surface area contributed by atoms with Crippen LogP contribution in [0.4, 0.5) is 15.9 Å². The number of hydrogen-bond acceptors (Lipinski definition) is 4. The largest absolute Gasteiger partial charge is 0.383 e. The maximum absolute atomic E-state index is 13.9. The number of hydrogen-bond donors (Lipinski definition) is 1. The molecule has 1 unspecified atom stereocenters. The lowest BCUT2D eigenvalue weighted by Gasteiger charge is -2.32. The molecule has 1 amide bonds. The van der Waals surface area contributed by atoms with Crippen LogP contribution in [0.25, 0.3) is 5.69 Å². The van der Waals surface area contributed by atoms with Crippen LogP contribution in [-0.4, -0.2) is 25.9 Å². The number of halogens is 1. The zero-order valence-electron chi connectivity index (χ0n) is 16.6. The molecule has 2 heterocycles. The average molecular weight is 441 g/mol. The highest BCUT2D eigenvalue weighted by atomic mass is 32.2. The van der Waals surface area contributed by atoms with Crippen molar-refractivity contribution in [3.05, 3.63) is 66.6 Å². The molecule has 7 nitrogen and oxygen atoms in total. The molecule has 1 aromatic heterocycles. The zero-order valence-corrected chi connectivity index (χ0v) is 17.4. The maximum Gasteiger partial charge on any atom is 0.319 e. The Bertz CT molecular complexity index is 1140. The molecule has 2 aliphatic rings. The van der Waals surface area contributed by atoms with Crippen LogP contribution in [-0.2, 0) is 16.1 Å². The lowest BCUT2D eigenvalue weighted by Crippen LogP contribution is -2.40. The second-order valence-corrected chi connectivity index (χ2v) is 8.68. The molecular formula is C22H21FN4O3S. The molecule has 2 aromatic carbocycles. The van der Waals surface area contributed by atoms with E-state index in [0.29, 0.717) is 30.1 Å². The minimum absolute atomic E-state index is 0.0637. The van der Waals surface area contributed by atoms with Gasteiger partial charge in [-0.1, -0.05) is 24.3 Å². The predicted molar refractivity (Wildman–Crippen MR) is 116 cm³/mol. The SMILES string of the molecule is O=C(Nc1ccn(-c2ccccc2F)n1)[C@H]1CC[C@@H](N2c3ccccc3OS2=O)CC1. The van der Waals surface area contributed by atoms with Crippen LogP contribution in [0.5, 0.6) is 5.75 Å². The molecule has 31 heavy (non-hydrogen) atoms. The molecule has 9 heteroatoms. The van der Waals surface area contributed by atoms with E-state index in [4.69, 9.17) is 4.18 Å². The van der Waals surface area contributed by atoms with Gasteiger partial charge in [0.1, 0.15) is 11.5 Å². The van der Waals surface area contributed by atoms with Crippen LogP contribution in [0.15, 0.2) is 60.8 Å². The van der Waals surface area contributed by atoms with Crippen LogP contribution in [0.3, 0.4) is 0 Å². The van der Waals surface area contributed by atoms with E-state index in [2.05, 4.69) is 10.4 Å². The van der Waals surface area contributed by atoms with E-state index < -0.39 is 11.3 Å². The third-order valence-electron chi connectivity index (χ3n) is 5.76. The van der Waals surface area contributed by atoms with Gasteiger partial charge in [-0.2, -0.15) is 4.21 Å². The normalized spacial score (nSPS) is 22.6. The van der Waals surface area contributed by atoms with Crippen LogP contribution in [0, 0.1) is 11.7 Å². The van der Waals surface area contributed by atoms with Crippen molar-refractivity contribution in [1.29, 1.82) is 0 Å². The van der Waals surface area contributed by atoms with Gasteiger partial charge < -0.3 is 9.50 Å². The first-order chi connectivity index (χ1) is 15.1. The van der Waals surface area contributed by atoms with Crippen LogP contribution >= 0.6 is 0 Å². The molecule has 1 saturated carbocycles. The standard InChI is InChI=1S/C22H21FN4O3S/c23-17-5-1-2-6-18(17)26-14-13-21(25-26)24-22(28)15-9-11-16(12-10-15)27-19-7-3-4-8-20(19)30-31(27)29/h1-8,13-16H,9-12H2,(H,24,25,28)/t15-,16+,31?.